The summed E-state index contributed by atoms with van der Waals surface area (Å²) in [5.74, 6) is -1.52. The lowest BCUT2D eigenvalue weighted by Gasteiger charge is -2.23. The molecule has 1 aromatic heterocycles. The molecule has 1 fully saturated rings. The number of aromatic nitrogens is 1. The molecule has 0 spiro atoms. The van der Waals surface area contributed by atoms with Crippen molar-refractivity contribution in [3.05, 3.63) is 46.1 Å². The molecule has 1 aliphatic heterocycles. The van der Waals surface area contributed by atoms with Crippen LogP contribution in [0.1, 0.15) is 37.6 Å². The Morgan fingerprint density at radius 1 is 1.37 bits per heavy atom. The minimum absolute atomic E-state index is 0.0352. The molecule has 8 heteroatoms. The van der Waals surface area contributed by atoms with Crippen molar-refractivity contribution >= 4 is 39.9 Å². The van der Waals surface area contributed by atoms with Crippen molar-refractivity contribution in [2.75, 3.05) is 11.5 Å². The van der Waals surface area contributed by atoms with Crippen LogP contribution in [0.2, 0.25) is 5.02 Å². The third-order valence-electron chi connectivity index (χ3n) is 4.40. The number of nitrogens with zero attached hydrogens (tertiary/aromatic N) is 2. The summed E-state index contributed by atoms with van der Waals surface area (Å²) in [5.41, 5.74) is 2.26. The molecule has 0 saturated carbocycles. The van der Waals surface area contributed by atoms with E-state index in [0.29, 0.717) is 22.3 Å². The highest BCUT2D eigenvalue weighted by atomic mass is 35.5. The van der Waals surface area contributed by atoms with Crippen molar-refractivity contribution in [2.24, 2.45) is 0 Å². The van der Waals surface area contributed by atoms with Crippen LogP contribution in [-0.4, -0.2) is 28.9 Å². The van der Waals surface area contributed by atoms with Gasteiger partial charge in [0, 0.05) is 12.5 Å². The average Bonchev–Trinajstić information content (AvgIpc) is 3.12. The fourth-order valence-corrected chi connectivity index (χ4v) is 4.11. The Balaban J connectivity index is 1.77. The van der Waals surface area contributed by atoms with E-state index in [9.17, 15) is 9.59 Å². The van der Waals surface area contributed by atoms with E-state index in [2.05, 4.69) is 4.37 Å². The standard InChI is InChI=1S/C19H21ClN2O4S/c1-11-10-25-19(4,26-11)15-7-5-14(6-8-15)9-16(24)22(13(3)23)18-17(20)12(2)21-27-18/h5-8,11H,9-10H2,1-4H3. The number of amides is 2. The molecule has 0 aliphatic carbocycles. The van der Waals surface area contributed by atoms with E-state index in [0.717, 1.165) is 27.6 Å². The van der Waals surface area contributed by atoms with Gasteiger partial charge in [-0.1, -0.05) is 35.9 Å². The van der Waals surface area contributed by atoms with Gasteiger partial charge >= 0.3 is 0 Å². The minimum Gasteiger partial charge on any atom is -0.343 e. The summed E-state index contributed by atoms with van der Waals surface area (Å²) in [4.78, 5) is 25.9. The fraction of sp³-hybridized carbons (Fsp3) is 0.421. The Bertz CT molecular complexity index is 867. The van der Waals surface area contributed by atoms with E-state index in [1.54, 1.807) is 6.92 Å². The van der Waals surface area contributed by atoms with Gasteiger partial charge in [0.1, 0.15) is 5.00 Å². The lowest BCUT2D eigenvalue weighted by Crippen LogP contribution is -2.36. The number of imide groups is 1. The maximum atomic E-state index is 12.7. The molecule has 0 radical (unpaired) electrons. The second kappa shape index (κ2) is 7.67. The quantitative estimate of drug-likeness (QED) is 0.768. The Labute approximate surface area is 167 Å². The summed E-state index contributed by atoms with van der Waals surface area (Å²) >= 11 is 7.23. The van der Waals surface area contributed by atoms with Gasteiger partial charge in [-0.3, -0.25) is 9.59 Å². The molecule has 2 amide bonds. The molecule has 1 aromatic carbocycles. The Morgan fingerprint density at radius 2 is 2.04 bits per heavy atom. The molecule has 27 heavy (non-hydrogen) atoms. The number of ether oxygens (including phenoxy) is 2. The van der Waals surface area contributed by atoms with E-state index in [1.165, 1.54) is 6.92 Å². The van der Waals surface area contributed by atoms with Crippen molar-refractivity contribution in [1.82, 2.24) is 4.37 Å². The summed E-state index contributed by atoms with van der Waals surface area (Å²) in [6.07, 6.45) is 0.107. The molecule has 0 N–H and O–H groups in total. The van der Waals surface area contributed by atoms with Crippen molar-refractivity contribution in [2.45, 2.75) is 46.0 Å². The van der Waals surface area contributed by atoms with E-state index in [1.807, 2.05) is 38.1 Å². The first-order valence-electron chi connectivity index (χ1n) is 8.58. The first kappa shape index (κ1) is 19.9. The second-order valence-electron chi connectivity index (χ2n) is 6.69. The molecule has 2 unspecified atom stereocenters. The third kappa shape index (κ3) is 4.06. The van der Waals surface area contributed by atoms with Crippen molar-refractivity contribution in [1.29, 1.82) is 0 Å². The average molecular weight is 409 g/mol. The van der Waals surface area contributed by atoms with Gasteiger partial charge in [-0.2, -0.15) is 4.37 Å². The van der Waals surface area contributed by atoms with E-state index >= 15 is 0 Å². The normalized spacial score (nSPS) is 22.0. The van der Waals surface area contributed by atoms with E-state index in [-0.39, 0.29) is 18.4 Å². The Kier molecular flexibility index (Phi) is 5.67. The molecule has 0 bridgehead atoms. The largest absolute Gasteiger partial charge is 0.343 e. The van der Waals surface area contributed by atoms with Crippen molar-refractivity contribution in [3.8, 4) is 0 Å². The number of carbonyl (C=O) groups excluding carboxylic acids is 2. The van der Waals surface area contributed by atoms with Gasteiger partial charge in [0.25, 0.3) is 0 Å². The first-order valence-corrected chi connectivity index (χ1v) is 9.73. The zero-order chi connectivity index (χ0) is 19.8. The van der Waals surface area contributed by atoms with Crippen molar-refractivity contribution < 1.29 is 19.1 Å². The molecule has 3 rings (SSSR count). The van der Waals surface area contributed by atoms with Crippen LogP contribution in [0.5, 0.6) is 0 Å². The maximum Gasteiger partial charge on any atom is 0.238 e. The van der Waals surface area contributed by atoms with Crippen LogP contribution >= 0.6 is 23.1 Å². The van der Waals surface area contributed by atoms with E-state index < -0.39 is 11.7 Å². The van der Waals surface area contributed by atoms with E-state index in [4.69, 9.17) is 21.1 Å². The first-order chi connectivity index (χ1) is 12.7. The fourth-order valence-electron chi connectivity index (χ4n) is 2.98. The van der Waals surface area contributed by atoms with Gasteiger partial charge in [-0.05, 0) is 37.9 Å². The second-order valence-corrected chi connectivity index (χ2v) is 7.82. The summed E-state index contributed by atoms with van der Waals surface area (Å²) in [5, 5.41) is 0.689. The highest BCUT2D eigenvalue weighted by Gasteiger charge is 2.37. The molecule has 6 nitrogen and oxygen atoms in total. The SMILES string of the molecule is CC(=O)N(C(=O)Cc1ccc(C2(C)OCC(C)O2)cc1)c1snc(C)c1Cl. The van der Waals surface area contributed by atoms with Crippen LogP contribution < -0.4 is 4.90 Å². The molecule has 2 atom stereocenters. The van der Waals surface area contributed by atoms with Crippen LogP contribution in [0.3, 0.4) is 0 Å². The molecule has 144 valence electrons. The number of aryl methyl sites for hydroxylation is 1. The van der Waals surface area contributed by atoms with Crippen LogP contribution in [0, 0.1) is 6.92 Å². The van der Waals surface area contributed by atoms with Gasteiger partial charge in [0.15, 0.2) is 5.79 Å². The highest BCUT2D eigenvalue weighted by molar-refractivity contribution is 7.11. The summed E-state index contributed by atoms with van der Waals surface area (Å²) < 4.78 is 15.7. The van der Waals surface area contributed by atoms with Crippen LogP contribution in [0.15, 0.2) is 24.3 Å². The number of hydrogen-bond acceptors (Lipinski definition) is 6. The lowest BCUT2D eigenvalue weighted by molar-refractivity contribution is -0.159. The molecule has 2 aromatic rings. The number of anilines is 1. The topological polar surface area (TPSA) is 68.7 Å². The lowest BCUT2D eigenvalue weighted by atomic mass is 10.0. The predicted octanol–water partition coefficient (Wildman–Crippen LogP) is 3.84. The van der Waals surface area contributed by atoms with Gasteiger partial charge in [0.05, 0.1) is 29.8 Å². The van der Waals surface area contributed by atoms with Crippen molar-refractivity contribution in [3.63, 3.8) is 0 Å². The molecular weight excluding hydrogens is 388 g/mol. The van der Waals surface area contributed by atoms with Gasteiger partial charge < -0.3 is 9.47 Å². The number of hydrogen-bond donors (Lipinski definition) is 0. The monoisotopic (exact) mass is 408 g/mol. The van der Waals surface area contributed by atoms with Gasteiger partial charge in [-0.25, -0.2) is 4.90 Å². The minimum atomic E-state index is -0.777. The number of carbonyl (C=O) groups is 2. The number of halogens is 1. The number of benzene rings is 1. The Hall–Kier alpha value is -1.80. The van der Waals surface area contributed by atoms with Crippen LogP contribution in [0.25, 0.3) is 0 Å². The maximum absolute atomic E-state index is 12.7. The molecular formula is C19H21ClN2O4S. The van der Waals surface area contributed by atoms with Crippen LogP contribution in [-0.2, 0) is 31.3 Å². The zero-order valence-corrected chi connectivity index (χ0v) is 17.2. The summed E-state index contributed by atoms with van der Waals surface area (Å²) in [7, 11) is 0. The number of rotatable bonds is 4. The molecule has 1 saturated heterocycles. The molecule has 1 aliphatic rings. The smallest absolute Gasteiger partial charge is 0.238 e. The van der Waals surface area contributed by atoms with Crippen LogP contribution in [0.4, 0.5) is 5.00 Å². The zero-order valence-electron chi connectivity index (χ0n) is 15.6. The summed E-state index contributed by atoms with van der Waals surface area (Å²) in [6, 6.07) is 7.43. The summed E-state index contributed by atoms with van der Waals surface area (Å²) in [6.45, 7) is 7.45. The van der Waals surface area contributed by atoms with Gasteiger partial charge in [-0.15, -0.1) is 0 Å². The predicted molar refractivity (Wildman–Crippen MR) is 104 cm³/mol. The Morgan fingerprint density at radius 3 is 2.52 bits per heavy atom. The highest BCUT2D eigenvalue weighted by Crippen LogP contribution is 2.35. The molecule has 2 heterocycles. The third-order valence-corrected chi connectivity index (χ3v) is 5.88. The van der Waals surface area contributed by atoms with Gasteiger partial charge in [0.2, 0.25) is 11.8 Å².